The Kier molecular flexibility index (Phi) is 7.82. The monoisotopic (exact) mass is 404 g/mol. The molecule has 3 rings (SSSR count). The van der Waals surface area contributed by atoms with Crippen molar-refractivity contribution in [3.8, 4) is 11.1 Å². The van der Waals surface area contributed by atoms with E-state index in [9.17, 15) is 4.39 Å². The van der Waals surface area contributed by atoms with Crippen LogP contribution in [0.2, 0.25) is 0 Å². The van der Waals surface area contributed by atoms with E-state index in [2.05, 4.69) is 53.3 Å². The Hall–Kier alpha value is -2.89. The third-order valence-corrected chi connectivity index (χ3v) is 5.07. The van der Waals surface area contributed by atoms with E-state index in [0.29, 0.717) is 6.54 Å². The molecule has 156 valence electrons. The summed E-state index contributed by atoms with van der Waals surface area (Å²) >= 11 is 0. The zero-order valence-electron chi connectivity index (χ0n) is 17.7. The Bertz CT molecular complexity index is 971. The summed E-state index contributed by atoms with van der Waals surface area (Å²) in [5.41, 5.74) is 12.5. The van der Waals surface area contributed by atoms with Crippen LogP contribution in [0.1, 0.15) is 16.7 Å². The van der Waals surface area contributed by atoms with Gasteiger partial charge in [0, 0.05) is 26.2 Å². The second-order valence-corrected chi connectivity index (χ2v) is 7.82. The molecule has 3 aromatic rings. The third kappa shape index (κ3) is 6.31. The van der Waals surface area contributed by atoms with Crippen molar-refractivity contribution in [3.63, 3.8) is 0 Å². The summed E-state index contributed by atoms with van der Waals surface area (Å²) in [6, 6.07) is 23.3. The number of likely N-dealkylation sites (N-methyl/N-ethyl adjacent to an activating group) is 1. The molecule has 0 amide bonds. The van der Waals surface area contributed by atoms with Gasteiger partial charge in [0.1, 0.15) is 5.82 Å². The lowest BCUT2D eigenvalue weighted by molar-refractivity contribution is 0.226. The summed E-state index contributed by atoms with van der Waals surface area (Å²) in [4.78, 5) is 4.59. The first kappa shape index (κ1) is 21.8. The molecule has 4 nitrogen and oxygen atoms in total. The molecule has 0 aromatic heterocycles. The standard InChI is InChI=1S/C25H29FN4/c1-29(2)13-14-30(18-21-8-5-7-20(15-21)17-28-27)19-23-9-3-4-12-25(23)22-10-6-11-24(26)16-22/h3-12,15-16,27H,13-14,17-19H2,1-2H3. The molecule has 0 atom stereocenters. The minimum absolute atomic E-state index is 0.219. The summed E-state index contributed by atoms with van der Waals surface area (Å²) in [5, 5.41) is 3.50. The Labute approximate surface area is 178 Å². The van der Waals surface area contributed by atoms with Gasteiger partial charge in [-0.3, -0.25) is 4.90 Å². The van der Waals surface area contributed by atoms with Gasteiger partial charge in [-0.05, 0) is 54.0 Å². The van der Waals surface area contributed by atoms with E-state index in [-0.39, 0.29) is 5.82 Å². The van der Waals surface area contributed by atoms with Crippen molar-refractivity contribution < 1.29 is 4.39 Å². The number of nitrogens with zero attached hydrogens (tertiary/aromatic N) is 3. The maximum Gasteiger partial charge on any atom is 0.123 e. The Morgan fingerprint density at radius 2 is 1.60 bits per heavy atom. The van der Waals surface area contributed by atoms with Crippen LogP contribution in [0.5, 0.6) is 0 Å². The van der Waals surface area contributed by atoms with Crippen molar-refractivity contribution in [1.82, 2.24) is 9.80 Å². The fourth-order valence-electron chi connectivity index (χ4n) is 3.57. The summed E-state index contributed by atoms with van der Waals surface area (Å²) in [6.07, 6.45) is 0. The largest absolute Gasteiger partial charge is 0.308 e. The second-order valence-electron chi connectivity index (χ2n) is 7.82. The van der Waals surface area contributed by atoms with Crippen LogP contribution in [0.25, 0.3) is 11.1 Å². The Morgan fingerprint density at radius 3 is 2.37 bits per heavy atom. The first-order valence-corrected chi connectivity index (χ1v) is 10.2. The zero-order valence-corrected chi connectivity index (χ0v) is 17.7. The molecule has 0 spiro atoms. The fraction of sp³-hybridized carbons (Fsp3) is 0.280. The normalized spacial score (nSPS) is 11.2. The molecule has 0 aliphatic rings. The molecular formula is C25H29FN4. The third-order valence-electron chi connectivity index (χ3n) is 5.07. The van der Waals surface area contributed by atoms with Crippen LogP contribution in [0.15, 0.2) is 77.9 Å². The topological polar surface area (TPSA) is 42.7 Å². The van der Waals surface area contributed by atoms with Crippen LogP contribution in [0.4, 0.5) is 4.39 Å². The number of halogens is 1. The summed E-state index contributed by atoms with van der Waals surface area (Å²) in [6.45, 7) is 3.85. The van der Waals surface area contributed by atoms with E-state index in [1.807, 2.05) is 30.3 Å². The number of rotatable bonds is 10. The smallest absolute Gasteiger partial charge is 0.123 e. The average Bonchev–Trinajstić information content (AvgIpc) is 2.73. The van der Waals surface area contributed by atoms with Crippen LogP contribution >= 0.6 is 0 Å². The predicted octanol–water partition coefficient (Wildman–Crippen LogP) is 5.59. The van der Waals surface area contributed by atoms with Crippen LogP contribution in [0, 0.1) is 11.3 Å². The van der Waals surface area contributed by atoms with Gasteiger partial charge in [-0.2, -0.15) is 5.11 Å². The van der Waals surface area contributed by atoms with Gasteiger partial charge in [0.15, 0.2) is 0 Å². The lowest BCUT2D eigenvalue weighted by Gasteiger charge is -2.25. The van der Waals surface area contributed by atoms with Crippen LogP contribution < -0.4 is 0 Å². The van der Waals surface area contributed by atoms with Gasteiger partial charge >= 0.3 is 0 Å². The van der Waals surface area contributed by atoms with Crippen LogP contribution in [0.3, 0.4) is 0 Å². The van der Waals surface area contributed by atoms with Crippen LogP contribution in [-0.4, -0.2) is 37.0 Å². The number of hydrogen-bond acceptors (Lipinski definition) is 4. The highest BCUT2D eigenvalue weighted by atomic mass is 19.1. The quantitative estimate of drug-likeness (QED) is 0.448. The molecule has 3 aromatic carbocycles. The van der Waals surface area contributed by atoms with Gasteiger partial charge in [0.2, 0.25) is 0 Å². The predicted molar refractivity (Wildman–Crippen MR) is 120 cm³/mol. The first-order chi connectivity index (χ1) is 14.5. The maximum absolute atomic E-state index is 13.8. The molecule has 30 heavy (non-hydrogen) atoms. The molecular weight excluding hydrogens is 375 g/mol. The van der Waals surface area contributed by atoms with Crippen LogP contribution in [-0.2, 0) is 19.6 Å². The summed E-state index contributed by atoms with van der Waals surface area (Å²) in [7, 11) is 4.16. The van der Waals surface area contributed by atoms with Crippen molar-refractivity contribution in [3.05, 3.63) is 95.3 Å². The lowest BCUT2D eigenvalue weighted by atomic mass is 9.99. The molecule has 0 saturated heterocycles. The van der Waals surface area contributed by atoms with E-state index in [1.54, 1.807) is 12.1 Å². The fourth-order valence-corrected chi connectivity index (χ4v) is 3.57. The molecule has 0 bridgehead atoms. The molecule has 0 unspecified atom stereocenters. The molecule has 0 fully saturated rings. The molecule has 0 heterocycles. The zero-order chi connectivity index (χ0) is 21.3. The number of nitrogens with one attached hydrogen (secondary N) is 1. The van der Waals surface area contributed by atoms with E-state index in [1.165, 1.54) is 17.2 Å². The van der Waals surface area contributed by atoms with Gasteiger partial charge in [-0.25, -0.2) is 9.92 Å². The van der Waals surface area contributed by atoms with Crippen molar-refractivity contribution in [2.75, 3.05) is 27.2 Å². The second kappa shape index (κ2) is 10.8. The van der Waals surface area contributed by atoms with E-state index in [4.69, 9.17) is 5.53 Å². The average molecular weight is 405 g/mol. The first-order valence-electron chi connectivity index (χ1n) is 10.2. The molecule has 0 radical (unpaired) electrons. The van der Waals surface area contributed by atoms with Gasteiger partial charge in [-0.15, -0.1) is 0 Å². The number of benzene rings is 3. The highest BCUT2D eigenvalue weighted by molar-refractivity contribution is 5.67. The van der Waals surface area contributed by atoms with Gasteiger partial charge in [0.25, 0.3) is 0 Å². The Balaban J connectivity index is 1.85. The molecule has 0 aliphatic heterocycles. The molecule has 0 saturated carbocycles. The SMILES string of the molecule is CN(C)CCN(Cc1cccc(CN=N)c1)Cc1ccccc1-c1cccc(F)c1. The summed E-state index contributed by atoms with van der Waals surface area (Å²) in [5.74, 6) is -0.219. The highest BCUT2D eigenvalue weighted by Gasteiger charge is 2.12. The molecule has 0 aliphatic carbocycles. The lowest BCUT2D eigenvalue weighted by Crippen LogP contribution is -2.31. The molecule has 5 heteroatoms. The minimum Gasteiger partial charge on any atom is -0.308 e. The van der Waals surface area contributed by atoms with E-state index < -0.39 is 0 Å². The number of hydrogen-bond donors (Lipinski definition) is 1. The van der Waals surface area contributed by atoms with Crippen molar-refractivity contribution in [2.45, 2.75) is 19.6 Å². The van der Waals surface area contributed by atoms with E-state index >= 15 is 0 Å². The van der Waals surface area contributed by atoms with Gasteiger partial charge in [-0.1, -0.05) is 60.7 Å². The maximum atomic E-state index is 13.8. The van der Waals surface area contributed by atoms with Crippen molar-refractivity contribution in [2.24, 2.45) is 5.11 Å². The van der Waals surface area contributed by atoms with E-state index in [0.717, 1.165) is 42.9 Å². The van der Waals surface area contributed by atoms with Gasteiger partial charge < -0.3 is 4.90 Å². The van der Waals surface area contributed by atoms with Crippen molar-refractivity contribution in [1.29, 1.82) is 5.53 Å². The van der Waals surface area contributed by atoms with Crippen molar-refractivity contribution >= 4 is 0 Å². The molecule has 1 N–H and O–H groups in total. The van der Waals surface area contributed by atoms with Gasteiger partial charge in [0.05, 0.1) is 6.54 Å². The highest BCUT2D eigenvalue weighted by Crippen LogP contribution is 2.26. The Morgan fingerprint density at radius 1 is 0.833 bits per heavy atom. The minimum atomic E-state index is -0.219. The summed E-state index contributed by atoms with van der Waals surface area (Å²) < 4.78 is 13.8.